The summed E-state index contributed by atoms with van der Waals surface area (Å²) in [6, 6.07) is -1.17. The number of oxime groups is 1. The Balaban J connectivity index is 1.56. The first-order chi connectivity index (χ1) is 17.3. The fraction of sp³-hybridized carbons (Fsp3) is 0.263. The van der Waals surface area contributed by atoms with Gasteiger partial charge in [-0.15, -0.1) is 0 Å². The first-order valence-corrected chi connectivity index (χ1v) is 12.1. The smallest absolute Gasteiger partial charge is 0.419 e. The van der Waals surface area contributed by atoms with Gasteiger partial charge >= 0.3 is 12.1 Å². The zero-order valence-electron chi connectivity index (χ0n) is 18.1. The Morgan fingerprint density at radius 3 is 2.62 bits per heavy atom. The van der Waals surface area contributed by atoms with Gasteiger partial charge < -0.3 is 27.1 Å². The lowest BCUT2D eigenvalue weighted by atomic mass is 9.86. The van der Waals surface area contributed by atoms with E-state index in [9.17, 15) is 37.9 Å². The molecule has 2 unspecified atom stereocenters. The third-order valence-electron chi connectivity index (χ3n) is 5.46. The van der Waals surface area contributed by atoms with Crippen LogP contribution in [0, 0.1) is 0 Å². The number of β-lactam (4-membered cyclic amide) rings is 1. The van der Waals surface area contributed by atoms with E-state index < -0.39 is 58.8 Å². The first-order valence-electron chi connectivity index (χ1n) is 10.1. The molecule has 2 amide bonds. The highest BCUT2D eigenvalue weighted by Gasteiger charge is 2.54. The van der Waals surface area contributed by atoms with Gasteiger partial charge in [0.15, 0.2) is 10.8 Å². The number of carbonyl (C=O) groups excluding carboxylic acids is 2. The molecule has 2 aliphatic rings. The fourth-order valence-electron chi connectivity index (χ4n) is 3.88. The number of hydrogen-bond acceptors (Lipinski definition) is 11. The molecule has 0 radical (unpaired) electrons. The van der Waals surface area contributed by atoms with Gasteiger partial charge in [0.25, 0.3) is 11.8 Å². The Morgan fingerprint density at radius 2 is 2.05 bits per heavy atom. The van der Waals surface area contributed by atoms with E-state index in [0.717, 1.165) is 40.3 Å². The van der Waals surface area contributed by atoms with Crippen LogP contribution in [0.3, 0.4) is 0 Å². The van der Waals surface area contributed by atoms with Crippen LogP contribution in [0.1, 0.15) is 24.1 Å². The second kappa shape index (κ2) is 9.71. The minimum atomic E-state index is -4.76. The summed E-state index contributed by atoms with van der Waals surface area (Å²) in [4.78, 5) is 46.0. The van der Waals surface area contributed by atoms with E-state index in [1.54, 1.807) is 0 Å². The molecule has 7 N–H and O–H groups in total. The second-order valence-electron chi connectivity index (χ2n) is 7.67. The summed E-state index contributed by atoms with van der Waals surface area (Å²) in [5, 5.41) is 24.3. The topological polar surface area (TPSA) is 197 Å². The van der Waals surface area contributed by atoms with Crippen molar-refractivity contribution in [2.24, 2.45) is 5.16 Å². The van der Waals surface area contributed by atoms with Crippen molar-refractivity contribution in [2.75, 3.05) is 11.5 Å². The zero-order valence-corrected chi connectivity index (χ0v) is 20.5. The lowest BCUT2D eigenvalue weighted by Gasteiger charge is -2.50. The number of nitrogens with two attached hydrogens (primary N) is 2. The maximum atomic E-state index is 13.2. The number of aliphatic carboxylic acids is 1. The van der Waals surface area contributed by atoms with E-state index in [-0.39, 0.29) is 37.8 Å². The van der Waals surface area contributed by atoms with Crippen molar-refractivity contribution in [1.29, 1.82) is 0 Å². The van der Waals surface area contributed by atoms with Crippen LogP contribution in [0.4, 0.5) is 24.1 Å². The average molecular weight is 578 g/mol. The number of nitrogens with zero attached hydrogens (tertiary/aromatic N) is 4. The highest BCUT2D eigenvalue weighted by atomic mass is 35.5. The number of thioether (sulfide) groups is 1. The van der Waals surface area contributed by atoms with Gasteiger partial charge in [-0.1, -0.05) is 39.9 Å². The third kappa shape index (κ3) is 4.88. The maximum absolute atomic E-state index is 13.2. The maximum Gasteiger partial charge on any atom is 0.419 e. The number of aromatic nitrogens is 2. The number of pyridine rings is 1. The number of halogens is 4. The zero-order chi connectivity index (χ0) is 27.2. The minimum Gasteiger partial charge on any atom is -0.477 e. The molecule has 2 aliphatic heterocycles. The molecule has 12 nitrogen and oxygen atoms in total. The number of rotatable bonds is 6. The molecule has 4 rings (SSSR count). The Kier molecular flexibility index (Phi) is 6.95. The van der Waals surface area contributed by atoms with Gasteiger partial charge in [-0.3, -0.25) is 14.5 Å². The van der Waals surface area contributed by atoms with Crippen molar-refractivity contribution in [1.82, 2.24) is 20.2 Å². The number of allylic oxidation sites excluding steroid dienone is 1. The summed E-state index contributed by atoms with van der Waals surface area (Å²) >= 11 is 7.50. The van der Waals surface area contributed by atoms with Crippen LogP contribution in [-0.2, 0) is 20.6 Å². The lowest BCUT2D eigenvalue weighted by molar-refractivity contribution is -0.155. The first kappa shape index (κ1) is 26.5. The number of amides is 2. The molecule has 18 heteroatoms. The van der Waals surface area contributed by atoms with Crippen molar-refractivity contribution in [3.05, 3.63) is 38.5 Å². The highest BCUT2D eigenvalue weighted by Crippen LogP contribution is 2.44. The predicted molar refractivity (Wildman–Crippen MR) is 126 cm³/mol. The van der Waals surface area contributed by atoms with Gasteiger partial charge in [0.05, 0.1) is 11.6 Å². The molecule has 1 fully saturated rings. The molecule has 1 saturated heterocycles. The summed E-state index contributed by atoms with van der Waals surface area (Å²) in [5.41, 5.74) is 8.46. The molecule has 2 aromatic rings. The van der Waals surface area contributed by atoms with E-state index in [1.165, 1.54) is 0 Å². The number of anilines is 2. The molecular weight excluding hydrogens is 563 g/mol. The fourth-order valence-corrected chi connectivity index (χ4v) is 5.88. The van der Waals surface area contributed by atoms with E-state index in [4.69, 9.17) is 23.1 Å². The third-order valence-corrected chi connectivity index (χ3v) is 7.65. The Morgan fingerprint density at radius 1 is 1.35 bits per heavy atom. The number of carboxylic acids is 1. The molecule has 0 aromatic carbocycles. The predicted octanol–water partition coefficient (Wildman–Crippen LogP) is 2.13. The van der Waals surface area contributed by atoms with Crippen molar-refractivity contribution in [3.8, 4) is 0 Å². The molecule has 2 atom stereocenters. The van der Waals surface area contributed by atoms with Gasteiger partial charge in [-0.2, -0.15) is 13.2 Å². The normalized spacial score (nSPS) is 19.9. The van der Waals surface area contributed by atoms with Crippen molar-refractivity contribution in [3.63, 3.8) is 0 Å². The number of thiazole rings is 1. The molecule has 4 heterocycles. The van der Waals surface area contributed by atoms with Crippen LogP contribution in [-0.4, -0.2) is 60.8 Å². The average Bonchev–Trinajstić information content (AvgIpc) is 3.15. The van der Waals surface area contributed by atoms with Crippen LogP contribution in [0.25, 0.3) is 0 Å². The molecule has 196 valence electrons. The van der Waals surface area contributed by atoms with Gasteiger partial charge in [0.1, 0.15) is 27.6 Å². The molecule has 0 bridgehead atoms. The number of carbonyl (C=O) groups is 3. The van der Waals surface area contributed by atoms with Crippen LogP contribution >= 0.6 is 34.7 Å². The van der Waals surface area contributed by atoms with Gasteiger partial charge in [0, 0.05) is 16.0 Å². The summed E-state index contributed by atoms with van der Waals surface area (Å²) in [6.45, 7) is 0. The number of alkyl halides is 3. The van der Waals surface area contributed by atoms with Gasteiger partial charge in [-0.05, 0) is 18.9 Å². The lowest BCUT2D eigenvalue weighted by Crippen LogP contribution is -2.72. The quantitative estimate of drug-likeness (QED) is 0.147. The number of nitrogen functional groups attached to an aromatic ring is 2. The van der Waals surface area contributed by atoms with Crippen molar-refractivity contribution < 1.29 is 37.9 Å². The van der Waals surface area contributed by atoms with E-state index in [0.29, 0.717) is 0 Å². The minimum absolute atomic E-state index is 0.00653. The Hall–Kier alpha value is -3.57. The summed E-state index contributed by atoms with van der Waals surface area (Å²) < 4.78 is 39.5. The van der Waals surface area contributed by atoms with Crippen molar-refractivity contribution >= 4 is 69.1 Å². The Labute approximate surface area is 218 Å². The van der Waals surface area contributed by atoms with Crippen molar-refractivity contribution in [2.45, 2.75) is 36.0 Å². The summed E-state index contributed by atoms with van der Waals surface area (Å²) in [5.74, 6) is -3.98. The highest BCUT2D eigenvalue weighted by molar-refractivity contribution is 8.03. The summed E-state index contributed by atoms with van der Waals surface area (Å²) in [6.07, 6.45) is -3.44. The number of carboxylic acid groups (broad SMARTS) is 1. The second-order valence-corrected chi connectivity index (χ2v) is 10.5. The number of fused-ring (bicyclic) bond motifs is 1. The largest absolute Gasteiger partial charge is 0.477 e. The van der Waals surface area contributed by atoms with Gasteiger partial charge in [0.2, 0.25) is 0 Å². The monoisotopic (exact) mass is 577 g/mol. The van der Waals surface area contributed by atoms with E-state index >= 15 is 0 Å². The molecular formula is C19H15ClF3N7O5S2. The van der Waals surface area contributed by atoms with Crippen LogP contribution < -0.4 is 16.8 Å². The molecule has 0 saturated carbocycles. The summed E-state index contributed by atoms with van der Waals surface area (Å²) in [7, 11) is 0. The van der Waals surface area contributed by atoms with Crippen LogP contribution in [0.15, 0.2) is 32.9 Å². The van der Waals surface area contributed by atoms with Gasteiger partial charge in [-0.25, -0.2) is 14.8 Å². The number of hydrogen-bond donors (Lipinski definition) is 5. The molecule has 0 spiro atoms. The number of nitrogens with one attached hydrogen (secondary N) is 1. The molecule has 0 aliphatic carbocycles. The Bertz CT molecular complexity index is 1380. The van der Waals surface area contributed by atoms with E-state index in [2.05, 4.69) is 20.4 Å². The van der Waals surface area contributed by atoms with E-state index in [1.807, 2.05) is 0 Å². The standard InChI is InChI=1S/C19H15ClF3N7O5S2/c20-13-10(28-18(25)37-13)11(29-35)15(31)27-9-7-1-2-8(12(17(33)34)30(7)16(9)32)36-5-3-6(19(21,22)23)14(24)26-4-5/h3-4,7,9,35H,1-2H2,(H2,24,26)(H2,25,28)(H,27,31)(H,33,34)/b29-11-. The van der Waals surface area contributed by atoms with Crippen LogP contribution in [0.5, 0.6) is 0 Å². The van der Waals surface area contributed by atoms with Crippen LogP contribution in [0.2, 0.25) is 4.34 Å². The SMILES string of the molecule is Nc1nc(/C(=N/O)C(=O)NC2C(=O)N3C(C(=O)O)=C(Sc4cnc(N)c(C(F)(F)F)c4)CCC23)c(Cl)s1. The molecule has 2 aromatic heterocycles. The molecule has 37 heavy (non-hydrogen) atoms.